The molecule has 0 aliphatic heterocycles. The van der Waals surface area contributed by atoms with E-state index in [4.69, 9.17) is 0 Å². The summed E-state index contributed by atoms with van der Waals surface area (Å²) in [6.45, 7) is 0. The molecular formula is C16H22N4O. The highest BCUT2D eigenvalue weighted by Gasteiger charge is 2.24. The van der Waals surface area contributed by atoms with Crippen LogP contribution in [0.4, 0.5) is 0 Å². The van der Waals surface area contributed by atoms with Crippen molar-refractivity contribution in [1.82, 2.24) is 19.5 Å². The molecule has 1 amide bonds. The molecule has 0 saturated heterocycles. The van der Waals surface area contributed by atoms with Gasteiger partial charge in [-0.3, -0.25) is 4.79 Å². The van der Waals surface area contributed by atoms with Crippen molar-refractivity contribution in [2.75, 3.05) is 7.05 Å². The van der Waals surface area contributed by atoms with E-state index in [-0.39, 0.29) is 5.91 Å². The fourth-order valence-corrected chi connectivity index (χ4v) is 3.16. The van der Waals surface area contributed by atoms with E-state index in [9.17, 15) is 4.79 Å². The second-order valence-corrected chi connectivity index (χ2v) is 5.86. The van der Waals surface area contributed by atoms with Gasteiger partial charge in [0.1, 0.15) is 5.56 Å². The van der Waals surface area contributed by atoms with Crippen LogP contribution in [0, 0.1) is 0 Å². The van der Waals surface area contributed by atoms with Gasteiger partial charge in [-0.15, -0.1) is 0 Å². The summed E-state index contributed by atoms with van der Waals surface area (Å²) < 4.78 is 1.65. The maximum atomic E-state index is 12.7. The van der Waals surface area contributed by atoms with Gasteiger partial charge in [-0.25, -0.2) is 9.50 Å². The smallest absolute Gasteiger partial charge is 0.259 e. The maximum Gasteiger partial charge on any atom is 0.259 e. The quantitative estimate of drug-likeness (QED) is 0.853. The first-order valence-electron chi connectivity index (χ1n) is 7.83. The number of hydrogen-bond acceptors (Lipinski definition) is 3. The van der Waals surface area contributed by atoms with Crippen LogP contribution in [0.25, 0.3) is 5.65 Å². The van der Waals surface area contributed by atoms with Crippen LogP contribution in [0.3, 0.4) is 0 Å². The first-order valence-corrected chi connectivity index (χ1v) is 7.83. The molecule has 0 unspecified atom stereocenters. The number of hydrogen-bond donors (Lipinski definition) is 0. The molecule has 21 heavy (non-hydrogen) atoms. The average Bonchev–Trinajstić information content (AvgIpc) is 2.89. The molecule has 5 heteroatoms. The highest BCUT2D eigenvalue weighted by molar-refractivity contribution is 5.99. The van der Waals surface area contributed by atoms with Gasteiger partial charge in [-0.2, -0.15) is 5.10 Å². The lowest BCUT2D eigenvalue weighted by atomic mass is 9.95. The lowest BCUT2D eigenvalue weighted by Gasteiger charge is -2.29. The van der Waals surface area contributed by atoms with Gasteiger partial charge in [0.2, 0.25) is 0 Å². The number of amides is 1. The number of fused-ring (bicyclic) bond motifs is 1. The number of rotatable bonds is 2. The predicted molar refractivity (Wildman–Crippen MR) is 81.2 cm³/mol. The van der Waals surface area contributed by atoms with E-state index in [0.29, 0.717) is 17.3 Å². The molecule has 0 atom stereocenters. The molecule has 1 fully saturated rings. The summed E-state index contributed by atoms with van der Waals surface area (Å²) in [5.41, 5.74) is 1.24. The largest absolute Gasteiger partial charge is 0.339 e. The lowest BCUT2D eigenvalue weighted by molar-refractivity contribution is 0.0708. The normalized spacial score (nSPS) is 17.4. The molecule has 2 aromatic heterocycles. The minimum atomic E-state index is 0.0364. The number of carbonyl (C=O) groups excluding carboxylic acids is 1. The molecule has 1 aliphatic carbocycles. The fraction of sp³-hybridized carbons (Fsp3) is 0.562. The molecule has 5 nitrogen and oxygen atoms in total. The molecular weight excluding hydrogens is 264 g/mol. The van der Waals surface area contributed by atoms with Gasteiger partial charge in [-0.1, -0.05) is 32.1 Å². The first-order chi connectivity index (χ1) is 10.3. The van der Waals surface area contributed by atoms with Crippen LogP contribution >= 0.6 is 0 Å². The summed E-state index contributed by atoms with van der Waals surface area (Å²) in [5.74, 6) is 0.0364. The molecule has 2 heterocycles. The van der Waals surface area contributed by atoms with Crippen LogP contribution in [-0.2, 0) is 0 Å². The van der Waals surface area contributed by atoms with Crippen molar-refractivity contribution < 1.29 is 4.79 Å². The Morgan fingerprint density at radius 2 is 1.95 bits per heavy atom. The van der Waals surface area contributed by atoms with Crippen LogP contribution in [0.2, 0.25) is 0 Å². The molecule has 1 aliphatic rings. The van der Waals surface area contributed by atoms with Crippen LogP contribution in [0.5, 0.6) is 0 Å². The van der Waals surface area contributed by atoms with Crippen LogP contribution in [0.1, 0.15) is 55.3 Å². The van der Waals surface area contributed by atoms with Crippen LogP contribution in [0.15, 0.2) is 24.7 Å². The molecule has 112 valence electrons. The average molecular weight is 286 g/mol. The van der Waals surface area contributed by atoms with E-state index in [1.54, 1.807) is 16.9 Å². The number of nitrogens with zero attached hydrogens (tertiary/aromatic N) is 4. The standard InChI is InChI=1S/C16H22N4O/c1-19(13-8-5-3-2-4-6-9-13)16(21)14-12-18-20-11-7-10-17-15(14)20/h7,10-13H,2-6,8-9H2,1H3. The predicted octanol–water partition coefficient (Wildman–Crippen LogP) is 2.91. The zero-order chi connectivity index (χ0) is 14.7. The van der Waals surface area contributed by atoms with Gasteiger partial charge in [0, 0.05) is 25.5 Å². The number of aromatic nitrogens is 3. The van der Waals surface area contributed by atoms with Crippen molar-refractivity contribution in [2.24, 2.45) is 0 Å². The topological polar surface area (TPSA) is 50.5 Å². The van der Waals surface area contributed by atoms with Crippen molar-refractivity contribution in [3.05, 3.63) is 30.2 Å². The van der Waals surface area contributed by atoms with Gasteiger partial charge in [0.15, 0.2) is 5.65 Å². The minimum absolute atomic E-state index is 0.0364. The third kappa shape index (κ3) is 2.91. The first kappa shape index (κ1) is 14.0. The minimum Gasteiger partial charge on any atom is -0.339 e. The molecule has 2 aromatic rings. The zero-order valence-corrected chi connectivity index (χ0v) is 12.5. The van der Waals surface area contributed by atoms with E-state index in [1.807, 2.05) is 24.2 Å². The van der Waals surface area contributed by atoms with Gasteiger partial charge >= 0.3 is 0 Å². The second-order valence-electron chi connectivity index (χ2n) is 5.86. The third-order valence-corrected chi connectivity index (χ3v) is 4.45. The van der Waals surface area contributed by atoms with Crippen molar-refractivity contribution in [3.8, 4) is 0 Å². The van der Waals surface area contributed by atoms with E-state index in [2.05, 4.69) is 10.1 Å². The molecule has 0 bridgehead atoms. The summed E-state index contributed by atoms with van der Waals surface area (Å²) in [6.07, 6.45) is 13.7. The summed E-state index contributed by atoms with van der Waals surface area (Å²) in [4.78, 5) is 18.9. The summed E-state index contributed by atoms with van der Waals surface area (Å²) in [6, 6.07) is 2.16. The zero-order valence-electron chi connectivity index (χ0n) is 12.5. The SMILES string of the molecule is CN(C(=O)c1cnn2cccnc12)C1CCCCCCC1. The Kier molecular flexibility index (Phi) is 4.18. The Balaban J connectivity index is 1.80. The molecule has 3 rings (SSSR count). The van der Waals surface area contributed by atoms with Crippen molar-refractivity contribution in [3.63, 3.8) is 0 Å². The number of carbonyl (C=O) groups is 1. The van der Waals surface area contributed by atoms with Gasteiger partial charge in [-0.05, 0) is 18.9 Å². The monoisotopic (exact) mass is 286 g/mol. The van der Waals surface area contributed by atoms with Crippen molar-refractivity contribution in [1.29, 1.82) is 0 Å². The van der Waals surface area contributed by atoms with Crippen molar-refractivity contribution in [2.45, 2.75) is 51.0 Å². The van der Waals surface area contributed by atoms with Gasteiger partial charge < -0.3 is 4.90 Å². The Labute approximate surface area is 125 Å². The third-order valence-electron chi connectivity index (χ3n) is 4.45. The van der Waals surface area contributed by atoms with E-state index < -0.39 is 0 Å². The highest BCUT2D eigenvalue weighted by Crippen LogP contribution is 2.22. The summed E-state index contributed by atoms with van der Waals surface area (Å²) in [5, 5.41) is 4.21. The summed E-state index contributed by atoms with van der Waals surface area (Å²) in [7, 11) is 1.92. The molecule has 0 radical (unpaired) electrons. The fourth-order valence-electron chi connectivity index (χ4n) is 3.16. The lowest BCUT2D eigenvalue weighted by Crippen LogP contribution is -2.37. The maximum absolute atomic E-state index is 12.7. The van der Waals surface area contributed by atoms with E-state index in [0.717, 1.165) is 12.8 Å². The van der Waals surface area contributed by atoms with Gasteiger partial charge in [0.05, 0.1) is 6.20 Å². The van der Waals surface area contributed by atoms with Crippen LogP contribution in [-0.4, -0.2) is 38.5 Å². The molecule has 0 aromatic carbocycles. The van der Waals surface area contributed by atoms with Crippen LogP contribution < -0.4 is 0 Å². The van der Waals surface area contributed by atoms with E-state index >= 15 is 0 Å². The molecule has 0 N–H and O–H groups in total. The molecule has 0 spiro atoms. The Hall–Kier alpha value is -1.91. The van der Waals surface area contributed by atoms with E-state index in [1.165, 1.54) is 32.1 Å². The summed E-state index contributed by atoms with van der Waals surface area (Å²) >= 11 is 0. The Morgan fingerprint density at radius 3 is 2.71 bits per heavy atom. The van der Waals surface area contributed by atoms with Gasteiger partial charge in [0.25, 0.3) is 5.91 Å². The highest BCUT2D eigenvalue weighted by atomic mass is 16.2. The second kappa shape index (κ2) is 6.24. The van der Waals surface area contributed by atoms with Crippen molar-refractivity contribution >= 4 is 11.6 Å². The Bertz CT molecular complexity index is 614. The molecule has 1 saturated carbocycles. The Morgan fingerprint density at radius 1 is 1.24 bits per heavy atom.